The molecule has 1 fully saturated rings. The molecule has 84 valence electrons. The molecule has 0 aliphatic heterocycles. The van der Waals surface area contributed by atoms with Gasteiger partial charge in [0, 0.05) is 6.42 Å². The fourth-order valence-electron chi connectivity index (χ4n) is 1.09. The van der Waals surface area contributed by atoms with Crippen molar-refractivity contribution < 1.29 is 4.39 Å². The molecule has 0 aromatic carbocycles. The van der Waals surface area contributed by atoms with Gasteiger partial charge >= 0.3 is 0 Å². The predicted molar refractivity (Wildman–Crippen MR) is 62.2 cm³/mol. The third-order valence-corrected chi connectivity index (χ3v) is 6.83. The highest BCUT2D eigenvalue weighted by atomic mass is 35.5. The Morgan fingerprint density at radius 1 is 0.714 bits per heavy atom. The van der Waals surface area contributed by atoms with Gasteiger partial charge < -0.3 is 0 Å². The van der Waals surface area contributed by atoms with Gasteiger partial charge in [0.2, 0.25) is 9.46 Å². The van der Waals surface area contributed by atoms with Gasteiger partial charge in [-0.05, 0) is 6.42 Å². The molecule has 1 aliphatic rings. The van der Waals surface area contributed by atoms with Crippen molar-refractivity contribution in [3.05, 3.63) is 0 Å². The van der Waals surface area contributed by atoms with Crippen LogP contribution in [0.2, 0.25) is 0 Å². The molecular weight excluding hydrogens is 339 g/mol. The van der Waals surface area contributed by atoms with Crippen LogP contribution < -0.4 is 0 Å². The summed E-state index contributed by atoms with van der Waals surface area (Å²) >= 11 is 39.9. The Labute approximate surface area is 116 Å². The molecule has 0 saturated heterocycles. The van der Waals surface area contributed by atoms with E-state index in [9.17, 15) is 4.39 Å². The van der Waals surface area contributed by atoms with Gasteiger partial charge in [-0.3, -0.25) is 0 Å². The lowest BCUT2D eigenvalue weighted by atomic mass is 9.95. The molecule has 0 amide bonds. The largest absolute Gasteiger partial charge is 0.223 e. The van der Waals surface area contributed by atoms with E-state index >= 15 is 0 Å². The summed E-state index contributed by atoms with van der Waals surface area (Å²) in [5, 5.41) is -2.47. The van der Waals surface area contributed by atoms with E-state index in [0.717, 1.165) is 0 Å². The van der Waals surface area contributed by atoms with Crippen LogP contribution in [0.5, 0.6) is 0 Å². The Hall–Kier alpha value is 1.96. The van der Waals surface area contributed by atoms with Gasteiger partial charge in [0.15, 0.2) is 8.67 Å². The first-order valence-electron chi connectivity index (χ1n) is 3.47. The summed E-state index contributed by atoms with van der Waals surface area (Å²) in [5.74, 6) is 0. The molecule has 0 radical (unpaired) electrons. The Morgan fingerprint density at radius 3 is 1.50 bits per heavy atom. The van der Waals surface area contributed by atoms with Crippen molar-refractivity contribution in [2.75, 3.05) is 0 Å². The molecule has 0 aromatic rings. The minimum atomic E-state index is -2.47. The molecule has 0 bridgehead atoms. The van der Waals surface area contributed by atoms with Gasteiger partial charge in [-0.25, -0.2) is 4.39 Å². The smallest absolute Gasteiger partial charge is 0.219 e. The van der Waals surface area contributed by atoms with Crippen LogP contribution in [-0.2, 0) is 0 Å². The Morgan fingerprint density at radius 2 is 1.14 bits per heavy atom. The lowest BCUT2D eigenvalue weighted by Gasteiger charge is -2.49. The molecule has 1 unspecified atom stereocenters. The Balaban J connectivity index is 3.20. The van der Waals surface area contributed by atoms with Gasteiger partial charge in [0.25, 0.3) is 0 Å². The number of rotatable bonds is 0. The topological polar surface area (TPSA) is 0 Å². The second-order valence-electron chi connectivity index (χ2n) is 3.06. The number of alkyl halides is 8. The predicted octanol–water partition coefficient (Wildman–Crippen LogP) is 5.21. The molecule has 14 heavy (non-hydrogen) atoms. The van der Waals surface area contributed by atoms with Crippen molar-refractivity contribution in [3.63, 3.8) is 0 Å². The van der Waals surface area contributed by atoms with Crippen LogP contribution in [0, 0.1) is 0 Å². The second kappa shape index (κ2) is 3.73. The first-order valence-corrected chi connectivity index (χ1v) is 6.11. The van der Waals surface area contributed by atoms with E-state index in [1.54, 1.807) is 0 Å². The van der Waals surface area contributed by atoms with Crippen molar-refractivity contribution in [1.82, 2.24) is 0 Å². The molecular formula is C6H4Cl7F. The zero-order valence-corrected chi connectivity index (χ0v) is 11.7. The lowest BCUT2D eigenvalue weighted by Crippen LogP contribution is -2.62. The van der Waals surface area contributed by atoms with Crippen LogP contribution in [0.15, 0.2) is 0 Å². The van der Waals surface area contributed by atoms with E-state index in [2.05, 4.69) is 0 Å². The maximum Gasteiger partial charge on any atom is 0.219 e. The van der Waals surface area contributed by atoms with E-state index in [1.165, 1.54) is 0 Å². The van der Waals surface area contributed by atoms with Crippen LogP contribution in [0.25, 0.3) is 0 Å². The normalized spacial score (nSPS) is 39.4. The van der Waals surface area contributed by atoms with Gasteiger partial charge in [-0.2, -0.15) is 0 Å². The highest BCUT2D eigenvalue weighted by Crippen LogP contribution is 2.66. The van der Waals surface area contributed by atoms with E-state index in [0.29, 0.717) is 0 Å². The van der Waals surface area contributed by atoms with Crippen LogP contribution in [0.3, 0.4) is 0 Å². The zero-order valence-electron chi connectivity index (χ0n) is 6.44. The van der Waals surface area contributed by atoms with E-state index < -0.39 is 18.1 Å². The fourth-order valence-corrected chi connectivity index (χ4v) is 3.09. The number of hydrogen-bond donors (Lipinski definition) is 0. The number of hydrogen-bond acceptors (Lipinski definition) is 0. The average Bonchev–Trinajstić information content (AvgIpc) is 1.98. The standard InChI is InChI=1S/C6H4Cl7F/c7-3(8)1-2-4(9,14)6(12,13)5(3,10)11/h1-2H2. The lowest BCUT2D eigenvalue weighted by molar-refractivity contribution is 0.175. The minimum absolute atomic E-state index is 0.0513. The van der Waals surface area contributed by atoms with E-state index in [-0.39, 0.29) is 12.8 Å². The highest BCUT2D eigenvalue weighted by molar-refractivity contribution is 6.71. The number of halogens is 8. The highest BCUT2D eigenvalue weighted by Gasteiger charge is 2.72. The molecule has 0 heterocycles. The fraction of sp³-hybridized carbons (Fsp3) is 1.00. The zero-order chi connectivity index (χ0) is 11.4. The molecule has 0 spiro atoms. The molecule has 1 aliphatic carbocycles. The molecule has 0 nitrogen and oxygen atoms in total. The summed E-state index contributed by atoms with van der Waals surface area (Å²) in [6, 6.07) is 0. The molecule has 8 heteroatoms. The quantitative estimate of drug-likeness (QED) is 0.530. The Bertz CT molecular complexity index is 221. The van der Waals surface area contributed by atoms with Crippen molar-refractivity contribution >= 4 is 81.2 Å². The molecule has 1 rings (SSSR count). The van der Waals surface area contributed by atoms with Crippen LogP contribution in [0.4, 0.5) is 4.39 Å². The van der Waals surface area contributed by atoms with Gasteiger partial charge in [0.1, 0.15) is 0 Å². The van der Waals surface area contributed by atoms with Crippen molar-refractivity contribution in [1.29, 1.82) is 0 Å². The summed E-state index contributed by atoms with van der Waals surface area (Å²) in [4.78, 5) is 0. The SMILES string of the molecule is FC1(Cl)CCC(Cl)(Cl)C(Cl)(Cl)C1(Cl)Cl. The van der Waals surface area contributed by atoms with Crippen molar-refractivity contribution in [3.8, 4) is 0 Å². The molecule has 1 saturated carbocycles. The van der Waals surface area contributed by atoms with Gasteiger partial charge in [-0.15, -0.1) is 0 Å². The molecule has 0 aromatic heterocycles. The summed E-state index contributed by atoms with van der Waals surface area (Å²) in [7, 11) is 0. The second-order valence-corrected chi connectivity index (χ2v) is 7.80. The maximum atomic E-state index is 13.7. The third kappa shape index (κ3) is 1.81. The summed E-state index contributed by atoms with van der Waals surface area (Å²) in [6.45, 7) is 0. The van der Waals surface area contributed by atoms with E-state index in [1.807, 2.05) is 0 Å². The minimum Gasteiger partial charge on any atom is -0.223 e. The average molecular weight is 343 g/mol. The Kier molecular flexibility index (Phi) is 3.74. The summed E-state index contributed by atoms with van der Waals surface area (Å²) < 4.78 is 7.67. The first-order chi connectivity index (χ1) is 5.96. The van der Waals surface area contributed by atoms with Gasteiger partial charge in [0.05, 0.1) is 0 Å². The monoisotopic (exact) mass is 340 g/mol. The summed E-state index contributed by atoms with van der Waals surface area (Å²) in [6.07, 6.45) is -0.292. The van der Waals surface area contributed by atoms with Crippen LogP contribution >= 0.6 is 81.2 Å². The van der Waals surface area contributed by atoms with Crippen LogP contribution in [-0.4, -0.2) is 18.1 Å². The molecule has 1 atom stereocenters. The maximum absolute atomic E-state index is 13.7. The van der Waals surface area contributed by atoms with Gasteiger partial charge in [-0.1, -0.05) is 81.2 Å². The van der Waals surface area contributed by atoms with Crippen molar-refractivity contribution in [2.24, 2.45) is 0 Å². The molecule has 0 N–H and O–H groups in total. The van der Waals surface area contributed by atoms with E-state index in [4.69, 9.17) is 81.2 Å². The first kappa shape index (κ1) is 14.0. The van der Waals surface area contributed by atoms with Crippen LogP contribution in [0.1, 0.15) is 12.8 Å². The third-order valence-electron chi connectivity index (χ3n) is 2.07. The van der Waals surface area contributed by atoms with Crippen molar-refractivity contribution in [2.45, 2.75) is 31.0 Å². The summed E-state index contributed by atoms with van der Waals surface area (Å²) in [5.41, 5.74) is 0.